The molecule has 1 atom stereocenters. The SMILES string of the molecule is CCNCC(C)C(=O)Nc1cc(Cl)c(C)cc1Br. The molecule has 18 heavy (non-hydrogen) atoms. The number of anilines is 1. The fourth-order valence-electron chi connectivity index (χ4n) is 1.45. The fourth-order valence-corrected chi connectivity index (χ4v) is 2.17. The van der Waals surface area contributed by atoms with Crippen molar-refractivity contribution in [3.8, 4) is 0 Å². The van der Waals surface area contributed by atoms with Crippen molar-refractivity contribution in [1.82, 2.24) is 5.32 Å². The molecule has 0 aromatic heterocycles. The molecule has 1 aromatic rings. The van der Waals surface area contributed by atoms with Crippen molar-refractivity contribution >= 4 is 39.1 Å². The van der Waals surface area contributed by atoms with Crippen LogP contribution in [0.4, 0.5) is 5.69 Å². The van der Waals surface area contributed by atoms with Gasteiger partial charge in [0.25, 0.3) is 0 Å². The number of nitrogens with one attached hydrogen (secondary N) is 2. The number of benzene rings is 1. The Labute approximate surface area is 121 Å². The van der Waals surface area contributed by atoms with Crippen molar-refractivity contribution in [3.05, 3.63) is 27.2 Å². The van der Waals surface area contributed by atoms with Gasteiger partial charge in [-0.15, -0.1) is 0 Å². The number of hydrogen-bond acceptors (Lipinski definition) is 2. The minimum absolute atomic E-state index is 0.0171. The van der Waals surface area contributed by atoms with Gasteiger partial charge in [0.05, 0.1) is 5.69 Å². The summed E-state index contributed by atoms with van der Waals surface area (Å²) in [5.41, 5.74) is 1.68. The highest BCUT2D eigenvalue weighted by atomic mass is 79.9. The third kappa shape index (κ3) is 4.26. The molecule has 1 unspecified atom stereocenters. The van der Waals surface area contributed by atoms with Crippen molar-refractivity contribution in [2.24, 2.45) is 5.92 Å². The molecule has 0 saturated carbocycles. The van der Waals surface area contributed by atoms with Crippen molar-refractivity contribution in [2.75, 3.05) is 18.4 Å². The Morgan fingerprint density at radius 1 is 1.50 bits per heavy atom. The molecule has 1 rings (SSSR count). The summed E-state index contributed by atoms with van der Waals surface area (Å²) in [5, 5.41) is 6.67. The second kappa shape index (κ2) is 7.12. The third-order valence-corrected chi connectivity index (χ3v) is 3.72. The van der Waals surface area contributed by atoms with E-state index in [1.165, 1.54) is 0 Å². The first-order valence-electron chi connectivity index (χ1n) is 5.93. The largest absolute Gasteiger partial charge is 0.325 e. The first kappa shape index (κ1) is 15.5. The van der Waals surface area contributed by atoms with Crippen LogP contribution in [0.1, 0.15) is 19.4 Å². The average molecular weight is 334 g/mol. The average Bonchev–Trinajstić information content (AvgIpc) is 2.32. The number of hydrogen-bond donors (Lipinski definition) is 2. The molecule has 0 bridgehead atoms. The van der Waals surface area contributed by atoms with E-state index in [1.54, 1.807) is 6.07 Å². The van der Waals surface area contributed by atoms with E-state index < -0.39 is 0 Å². The zero-order valence-corrected chi connectivity index (χ0v) is 13.2. The van der Waals surface area contributed by atoms with Gasteiger partial charge >= 0.3 is 0 Å². The Balaban J connectivity index is 2.72. The van der Waals surface area contributed by atoms with Crippen LogP contribution in [0.25, 0.3) is 0 Å². The highest BCUT2D eigenvalue weighted by Gasteiger charge is 2.14. The third-order valence-electron chi connectivity index (χ3n) is 2.65. The van der Waals surface area contributed by atoms with Gasteiger partial charge in [-0.2, -0.15) is 0 Å². The summed E-state index contributed by atoms with van der Waals surface area (Å²) in [6.45, 7) is 7.35. The Bertz CT molecular complexity index is 437. The molecule has 0 aliphatic carbocycles. The molecule has 0 aliphatic rings. The Hall–Kier alpha value is -0.580. The highest BCUT2D eigenvalue weighted by molar-refractivity contribution is 9.10. The lowest BCUT2D eigenvalue weighted by Crippen LogP contribution is -2.30. The van der Waals surface area contributed by atoms with Gasteiger partial charge in [0.1, 0.15) is 0 Å². The van der Waals surface area contributed by atoms with Crippen LogP contribution in [-0.2, 0) is 4.79 Å². The Kier molecular flexibility index (Phi) is 6.12. The predicted octanol–water partition coefficient (Wildman–Crippen LogP) is 3.60. The first-order valence-corrected chi connectivity index (χ1v) is 7.10. The molecule has 1 aromatic carbocycles. The summed E-state index contributed by atoms with van der Waals surface area (Å²) in [7, 11) is 0. The number of halogens is 2. The molecule has 1 amide bonds. The summed E-state index contributed by atoms with van der Waals surface area (Å²) in [4.78, 5) is 12.0. The number of aryl methyl sites for hydroxylation is 1. The second-order valence-corrected chi connectivity index (χ2v) is 5.54. The van der Waals surface area contributed by atoms with Crippen molar-refractivity contribution in [2.45, 2.75) is 20.8 Å². The molecule has 0 fully saturated rings. The minimum atomic E-state index is -0.0862. The summed E-state index contributed by atoms with van der Waals surface area (Å²) in [5.74, 6) is -0.103. The predicted molar refractivity (Wildman–Crippen MR) is 80.2 cm³/mol. The fraction of sp³-hybridized carbons (Fsp3) is 0.462. The Morgan fingerprint density at radius 2 is 2.17 bits per heavy atom. The number of amides is 1. The van der Waals surface area contributed by atoms with Gasteiger partial charge in [-0.25, -0.2) is 0 Å². The van der Waals surface area contributed by atoms with Gasteiger partial charge in [-0.1, -0.05) is 25.4 Å². The molecule has 0 radical (unpaired) electrons. The van der Waals surface area contributed by atoms with E-state index >= 15 is 0 Å². The van der Waals surface area contributed by atoms with E-state index in [1.807, 2.05) is 26.8 Å². The van der Waals surface area contributed by atoms with Crippen molar-refractivity contribution in [3.63, 3.8) is 0 Å². The Morgan fingerprint density at radius 3 is 2.78 bits per heavy atom. The summed E-state index contributed by atoms with van der Waals surface area (Å²) in [6.07, 6.45) is 0. The van der Waals surface area contributed by atoms with Crippen LogP contribution in [0.2, 0.25) is 5.02 Å². The standard InChI is InChI=1S/C13H18BrClN2O/c1-4-16-7-9(3)13(18)17-12-6-11(15)8(2)5-10(12)14/h5-6,9,16H,4,7H2,1-3H3,(H,17,18). The normalized spacial score (nSPS) is 12.3. The number of rotatable bonds is 5. The quantitative estimate of drug-likeness (QED) is 0.864. The van der Waals surface area contributed by atoms with Gasteiger partial charge in [0.2, 0.25) is 5.91 Å². The van der Waals surface area contributed by atoms with Crippen molar-refractivity contribution < 1.29 is 4.79 Å². The van der Waals surface area contributed by atoms with Crippen LogP contribution in [0, 0.1) is 12.8 Å². The summed E-state index contributed by atoms with van der Waals surface area (Å²) < 4.78 is 0.841. The maximum absolute atomic E-state index is 12.0. The van der Waals surface area contributed by atoms with Crippen molar-refractivity contribution in [1.29, 1.82) is 0 Å². The lowest BCUT2D eigenvalue weighted by Gasteiger charge is -2.14. The van der Waals surface area contributed by atoms with E-state index in [0.717, 1.165) is 16.6 Å². The van der Waals surface area contributed by atoms with Crippen LogP contribution in [0.3, 0.4) is 0 Å². The molecule has 2 N–H and O–H groups in total. The van der Waals surface area contributed by atoms with Gasteiger partial charge in [-0.3, -0.25) is 4.79 Å². The molecule has 3 nitrogen and oxygen atoms in total. The van der Waals surface area contributed by atoms with Crippen LogP contribution in [0.15, 0.2) is 16.6 Å². The molecule has 0 spiro atoms. The maximum atomic E-state index is 12.0. The van der Waals surface area contributed by atoms with Gasteiger partial charge in [-0.05, 0) is 47.1 Å². The number of carbonyl (C=O) groups excluding carboxylic acids is 1. The highest BCUT2D eigenvalue weighted by Crippen LogP contribution is 2.29. The molecule has 0 heterocycles. The topological polar surface area (TPSA) is 41.1 Å². The van der Waals surface area contributed by atoms with Gasteiger partial charge in [0.15, 0.2) is 0 Å². The van der Waals surface area contributed by atoms with Gasteiger partial charge in [0, 0.05) is 22.0 Å². The van der Waals surface area contributed by atoms with E-state index in [4.69, 9.17) is 11.6 Å². The van der Waals surface area contributed by atoms with E-state index in [0.29, 0.717) is 17.3 Å². The van der Waals surface area contributed by atoms with Crippen LogP contribution in [0.5, 0.6) is 0 Å². The monoisotopic (exact) mass is 332 g/mol. The van der Waals surface area contributed by atoms with Crippen LogP contribution < -0.4 is 10.6 Å². The maximum Gasteiger partial charge on any atom is 0.228 e. The molecule has 0 aliphatic heterocycles. The van der Waals surface area contributed by atoms with Gasteiger partial charge < -0.3 is 10.6 Å². The first-order chi connectivity index (χ1) is 8.45. The molecule has 5 heteroatoms. The van der Waals surface area contributed by atoms with E-state index in [9.17, 15) is 4.79 Å². The van der Waals surface area contributed by atoms with Crippen LogP contribution in [-0.4, -0.2) is 19.0 Å². The molecular formula is C13H18BrClN2O. The minimum Gasteiger partial charge on any atom is -0.325 e. The molecule has 0 saturated heterocycles. The lowest BCUT2D eigenvalue weighted by molar-refractivity contribution is -0.119. The zero-order chi connectivity index (χ0) is 13.7. The van der Waals surface area contributed by atoms with E-state index in [-0.39, 0.29) is 11.8 Å². The zero-order valence-electron chi connectivity index (χ0n) is 10.8. The molecule has 100 valence electrons. The van der Waals surface area contributed by atoms with E-state index in [2.05, 4.69) is 26.6 Å². The summed E-state index contributed by atoms with van der Waals surface area (Å²) >= 11 is 9.47. The summed E-state index contributed by atoms with van der Waals surface area (Å²) in [6, 6.07) is 3.66. The number of carbonyl (C=O) groups is 1. The second-order valence-electron chi connectivity index (χ2n) is 4.28. The lowest BCUT2D eigenvalue weighted by atomic mass is 10.1. The smallest absolute Gasteiger partial charge is 0.228 e. The van der Waals surface area contributed by atoms with Crippen LogP contribution >= 0.6 is 27.5 Å². The molecular weight excluding hydrogens is 316 g/mol.